The zero-order valence-corrected chi connectivity index (χ0v) is 30.7. The summed E-state index contributed by atoms with van der Waals surface area (Å²) in [6, 6.07) is 14.2. The second-order valence-electron chi connectivity index (χ2n) is 12.5. The second kappa shape index (κ2) is 19.5. The van der Waals surface area contributed by atoms with Crippen molar-refractivity contribution in [3.8, 4) is 23.0 Å². The van der Waals surface area contributed by atoms with Gasteiger partial charge in [-0.1, -0.05) is 20.8 Å². The molecule has 1 saturated carbocycles. The van der Waals surface area contributed by atoms with Gasteiger partial charge in [-0.2, -0.15) is 0 Å². The molecule has 13 heteroatoms. The van der Waals surface area contributed by atoms with Crippen molar-refractivity contribution in [2.24, 2.45) is 5.41 Å². The Morgan fingerprint density at radius 3 is 2.00 bits per heavy atom. The number of halogens is 2. The minimum atomic E-state index is -1.29. The lowest BCUT2D eigenvalue weighted by molar-refractivity contribution is -0.137. The minimum Gasteiger partial charge on any atom is -0.490 e. The van der Waals surface area contributed by atoms with Crippen molar-refractivity contribution in [1.82, 2.24) is 9.88 Å². The van der Waals surface area contributed by atoms with E-state index in [-0.39, 0.29) is 17.9 Å². The molecule has 1 aliphatic carbocycles. The number of nitrogens with zero attached hydrogens (tertiary/aromatic N) is 2. The monoisotopic (exact) mass is 734 g/mol. The van der Waals surface area contributed by atoms with Crippen molar-refractivity contribution >= 4 is 40.1 Å². The Bertz CT molecular complexity index is 1840. The lowest BCUT2D eigenvalue weighted by Gasteiger charge is -2.16. The van der Waals surface area contributed by atoms with E-state index in [9.17, 15) is 18.8 Å². The summed E-state index contributed by atoms with van der Waals surface area (Å²) in [5, 5.41) is 14.6. The molecule has 53 heavy (non-hydrogen) atoms. The number of pyridine rings is 1. The Morgan fingerprint density at radius 1 is 0.774 bits per heavy atom. The van der Waals surface area contributed by atoms with Gasteiger partial charge in [-0.05, 0) is 107 Å². The van der Waals surface area contributed by atoms with Crippen LogP contribution in [0.25, 0.3) is 10.9 Å². The SMILES string of the molecule is CCN(CC)CC.CCOc1cc2c(Oc3ccc(NC(=O)C4(C(=O)Nc5ccc(F)cc5)CC4)cc3F)ccnc2cc1OCCCCCC(=O)O. The summed E-state index contributed by atoms with van der Waals surface area (Å²) in [4.78, 5) is 43.3. The van der Waals surface area contributed by atoms with Gasteiger partial charge in [-0.3, -0.25) is 19.4 Å². The van der Waals surface area contributed by atoms with E-state index in [1.165, 1.54) is 62.2 Å². The Kier molecular flexibility index (Phi) is 14.9. The number of fused-ring (bicyclic) bond motifs is 1. The first-order valence-corrected chi connectivity index (χ1v) is 18.0. The quantitative estimate of drug-likeness (QED) is 0.0679. The van der Waals surface area contributed by atoms with E-state index >= 15 is 4.39 Å². The summed E-state index contributed by atoms with van der Waals surface area (Å²) >= 11 is 0. The lowest BCUT2D eigenvalue weighted by Crippen LogP contribution is -2.35. The van der Waals surface area contributed by atoms with Gasteiger partial charge in [0, 0.05) is 41.5 Å². The average Bonchev–Trinajstić information content (AvgIpc) is 3.96. The molecule has 284 valence electrons. The maximum absolute atomic E-state index is 15.2. The van der Waals surface area contributed by atoms with Crippen molar-refractivity contribution in [3.05, 3.63) is 78.5 Å². The number of carboxylic acids is 1. The maximum Gasteiger partial charge on any atom is 0.303 e. The molecule has 3 aromatic carbocycles. The third kappa shape index (κ3) is 11.3. The van der Waals surface area contributed by atoms with Crippen LogP contribution in [-0.2, 0) is 14.4 Å². The molecule has 11 nitrogen and oxygen atoms in total. The van der Waals surface area contributed by atoms with Gasteiger partial charge in [0.25, 0.3) is 0 Å². The maximum atomic E-state index is 15.2. The van der Waals surface area contributed by atoms with Crippen molar-refractivity contribution in [3.63, 3.8) is 0 Å². The molecule has 0 aliphatic heterocycles. The highest BCUT2D eigenvalue weighted by atomic mass is 19.1. The Hall–Kier alpha value is -5.30. The van der Waals surface area contributed by atoms with Gasteiger partial charge in [0.2, 0.25) is 11.8 Å². The highest BCUT2D eigenvalue weighted by molar-refractivity contribution is 6.16. The van der Waals surface area contributed by atoms with E-state index in [4.69, 9.17) is 19.3 Å². The first-order chi connectivity index (χ1) is 25.5. The molecule has 1 aliphatic rings. The molecule has 0 bridgehead atoms. The molecular weight excluding hydrogens is 686 g/mol. The average molecular weight is 735 g/mol. The van der Waals surface area contributed by atoms with Gasteiger partial charge >= 0.3 is 5.97 Å². The van der Waals surface area contributed by atoms with Crippen LogP contribution >= 0.6 is 0 Å². The van der Waals surface area contributed by atoms with Crippen LogP contribution in [0.5, 0.6) is 23.0 Å². The smallest absolute Gasteiger partial charge is 0.303 e. The number of carbonyl (C=O) groups excluding carboxylic acids is 2. The van der Waals surface area contributed by atoms with Crippen LogP contribution in [0.15, 0.2) is 66.9 Å². The standard InChI is InChI=1S/C34H33F2N3O7.C6H15N/c1-2-44-29-19-24-26(20-30(29)45-17-5-3-4-6-31(40)41)37-16-13-27(24)46-28-12-11-23(18-25(28)36)39-33(43)34(14-15-34)32(42)38-22-9-7-21(35)8-10-22;1-4-7(5-2)6-3/h7-13,16,18-20H,2-6,14-15,17H2,1H3,(H,38,42)(H,39,43)(H,40,41);4-6H2,1-3H3. The summed E-state index contributed by atoms with van der Waals surface area (Å²) in [5.74, 6) is -1.95. The van der Waals surface area contributed by atoms with Gasteiger partial charge in [-0.15, -0.1) is 0 Å². The van der Waals surface area contributed by atoms with E-state index in [0.29, 0.717) is 79.2 Å². The second-order valence-corrected chi connectivity index (χ2v) is 12.5. The number of unbranched alkanes of at least 4 members (excludes halogenated alkanes) is 2. The predicted octanol–water partition coefficient (Wildman–Crippen LogP) is 8.43. The number of ether oxygens (including phenoxy) is 3. The summed E-state index contributed by atoms with van der Waals surface area (Å²) in [5.41, 5.74) is -0.251. The molecule has 3 N–H and O–H groups in total. The number of aliphatic carboxylic acids is 1. The lowest BCUT2D eigenvalue weighted by atomic mass is 10.0. The first-order valence-electron chi connectivity index (χ1n) is 18.0. The van der Waals surface area contributed by atoms with Crippen LogP contribution in [-0.4, -0.2) is 65.6 Å². The van der Waals surface area contributed by atoms with Crippen molar-refractivity contribution in [2.45, 2.75) is 66.2 Å². The Balaban J connectivity index is 0.000000815. The van der Waals surface area contributed by atoms with Crippen LogP contribution < -0.4 is 24.8 Å². The number of hydrogen-bond acceptors (Lipinski definition) is 8. The van der Waals surface area contributed by atoms with E-state index in [0.717, 1.165) is 6.07 Å². The highest BCUT2D eigenvalue weighted by Crippen LogP contribution is 2.47. The minimum absolute atomic E-state index is 0.0969. The fourth-order valence-corrected chi connectivity index (χ4v) is 5.50. The predicted molar refractivity (Wildman–Crippen MR) is 200 cm³/mol. The highest BCUT2D eigenvalue weighted by Gasteiger charge is 2.56. The number of amides is 2. The van der Waals surface area contributed by atoms with Crippen LogP contribution in [0, 0.1) is 17.0 Å². The molecule has 0 spiro atoms. The first kappa shape index (κ1) is 40.5. The number of carbonyl (C=O) groups is 3. The molecule has 4 aromatic rings. The van der Waals surface area contributed by atoms with Crippen LogP contribution in [0.4, 0.5) is 20.2 Å². The largest absolute Gasteiger partial charge is 0.490 e. The van der Waals surface area contributed by atoms with Crippen molar-refractivity contribution in [2.75, 3.05) is 43.5 Å². The summed E-state index contributed by atoms with van der Waals surface area (Å²) < 4.78 is 46.1. The molecule has 0 atom stereocenters. The Labute approximate surface area is 308 Å². The van der Waals surface area contributed by atoms with Crippen LogP contribution in [0.3, 0.4) is 0 Å². The molecule has 2 amide bonds. The summed E-state index contributed by atoms with van der Waals surface area (Å²) in [6.07, 6.45) is 4.24. The van der Waals surface area contributed by atoms with Crippen molar-refractivity contribution in [1.29, 1.82) is 0 Å². The fraction of sp³-hybridized carbons (Fsp3) is 0.400. The normalized spacial score (nSPS) is 12.7. The zero-order valence-electron chi connectivity index (χ0n) is 30.7. The third-order valence-corrected chi connectivity index (χ3v) is 8.83. The molecular formula is C40H48F2N4O7. The molecule has 0 radical (unpaired) electrons. The Morgan fingerprint density at radius 2 is 1.42 bits per heavy atom. The number of rotatable bonds is 18. The number of anilines is 2. The van der Waals surface area contributed by atoms with Crippen LogP contribution in [0.1, 0.15) is 66.2 Å². The summed E-state index contributed by atoms with van der Waals surface area (Å²) in [7, 11) is 0. The number of hydrogen-bond donors (Lipinski definition) is 3. The van der Waals surface area contributed by atoms with Gasteiger partial charge in [0.05, 0.1) is 18.7 Å². The topological polar surface area (TPSA) is 139 Å². The van der Waals surface area contributed by atoms with Gasteiger partial charge in [-0.25, -0.2) is 8.78 Å². The van der Waals surface area contributed by atoms with E-state index in [1.54, 1.807) is 18.2 Å². The number of carboxylic acid groups (broad SMARTS) is 1. The van der Waals surface area contributed by atoms with Crippen molar-refractivity contribution < 1.29 is 42.5 Å². The van der Waals surface area contributed by atoms with Gasteiger partial charge < -0.3 is 34.9 Å². The molecule has 1 heterocycles. The molecule has 0 saturated heterocycles. The number of benzene rings is 3. The number of nitrogens with one attached hydrogen (secondary N) is 2. The molecule has 1 fully saturated rings. The van der Waals surface area contributed by atoms with E-state index in [1.807, 2.05) is 6.92 Å². The number of aromatic nitrogens is 1. The third-order valence-electron chi connectivity index (χ3n) is 8.83. The van der Waals surface area contributed by atoms with Gasteiger partial charge in [0.1, 0.15) is 17.0 Å². The molecule has 0 unspecified atom stereocenters. The van der Waals surface area contributed by atoms with Crippen LogP contribution in [0.2, 0.25) is 0 Å². The van der Waals surface area contributed by atoms with E-state index in [2.05, 4.69) is 41.3 Å². The summed E-state index contributed by atoms with van der Waals surface area (Å²) in [6.45, 7) is 12.7. The molecule has 1 aromatic heterocycles. The van der Waals surface area contributed by atoms with E-state index < -0.39 is 34.8 Å². The zero-order chi connectivity index (χ0) is 38.4. The fourth-order valence-electron chi connectivity index (χ4n) is 5.50. The molecule has 5 rings (SSSR count). The van der Waals surface area contributed by atoms with Gasteiger partial charge in [0.15, 0.2) is 23.1 Å².